The largest absolute Gasteiger partial charge is 0.462 e. The van der Waals surface area contributed by atoms with Gasteiger partial charge in [-0.15, -0.1) is 0 Å². The van der Waals surface area contributed by atoms with Gasteiger partial charge in [-0.1, -0.05) is 119 Å². The summed E-state index contributed by atoms with van der Waals surface area (Å²) in [7, 11) is -7.13. The molecule has 1 aliphatic heterocycles. The van der Waals surface area contributed by atoms with Crippen molar-refractivity contribution in [1.82, 2.24) is 30.3 Å². The maximum Gasteiger partial charge on any atom is 0.426 e. The number of amides is 5. The first-order chi connectivity index (χ1) is 39.9. The molecule has 0 saturated carbocycles. The Balaban J connectivity index is 1.45. The van der Waals surface area contributed by atoms with E-state index in [0.29, 0.717) is 17.0 Å². The molecule has 476 valence electrons. The lowest BCUT2D eigenvalue weighted by Crippen LogP contribution is -2.66. The quantitative estimate of drug-likeness (QED) is 0.0282. The Kier molecular flexibility index (Phi) is 24.3. The lowest BCUT2D eigenvalue weighted by Gasteiger charge is -2.44. The SMILES string of the molecule is CN(CC(=O)N(C)[C@H](C(=O)OC[C@@H](NS(=O)(=O)CC[Si](C)(C)C)C(=O)N(NC(=O)OC(C)(C)C)[C@H](C(=O)OCc1ccccc1)[C@H](CC1OCCCO1)O[Si](C)(C)C(C)(C)C)C(C)(C)O)C(=O)CNC(=O)OCC1c2ccccc2-c2ccccc21. The standard InChI is InChI=1S/C60H90N6O17SSi2/c1-58(2,3)82-57(73)62-66(51(54(70)79-37-40-24-17-16-18-25-40)47(34-50-77-30-23-31-78-50)83-86(14,15)59(4,5)6)53(69)46(63-84(75,76)32-33-85(11,12)13)39-80-55(71)52(60(7,8)74)65(10)49(68)36-64(9)48(67)35-61-56(72)81-38-45-43-28-21-19-26-41(43)42-27-20-22-29-44(42)45/h16-22,24-29,45-47,50-52,63,74H,23,30-39H2,1-15H3,(H,61,72)(H,62,73)/t46-,47+,51+,52-/m1/s1. The molecule has 0 bridgehead atoms. The van der Waals surface area contributed by atoms with Crippen molar-refractivity contribution in [2.24, 2.45) is 0 Å². The highest BCUT2D eigenvalue weighted by Crippen LogP contribution is 2.45. The Bertz CT molecular complexity index is 2910. The minimum Gasteiger partial charge on any atom is -0.462 e. The molecule has 1 aliphatic carbocycles. The molecule has 2 aliphatic rings. The summed E-state index contributed by atoms with van der Waals surface area (Å²) in [6.07, 6.45) is -4.15. The normalized spacial score (nSPS) is 15.6. The van der Waals surface area contributed by atoms with Crippen LogP contribution >= 0.6 is 0 Å². The van der Waals surface area contributed by atoms with E-state index in [1.165, 1.54) is 27.9 Å². The molecule has 1 fully saturated rings. The van der Waals surface area contributed by atoms with Gasteiger partial charge < -0.3 is 53.1 Å². The average Bonchev–Trinajstić information content (AvgIpc) is 3.38. The number of nitrogens with zero attached hydrogens (tertiary/aromatic N) is 3. The Labute approximate surface area is 508 Å². The van der Waals surface area contributed by atoms with Crippen molar-refractivity contribution in [2.75, 3.05) is 59.4 Å². The molecular formula is C60H90N6O17SSi2. The summed E-state index contributed by atoms with van der Waals surface area (Å²) in [5.74, 6) is -6.08. The number of nitrogens with one attached hydrogen (secondary N) is 3. The monoisotopic (exact) mass is 1250 g/mol. The van der Waals surface area contributed by atoms with Gasteiger partial charge in [0.15, 0.2) is 26.7 Å². The number of rotatable bonds is 26. The number of carbonyl (C=O) groups excluding carboxylic acids is 7. The Morgan fingerprint density at radius 1 is 0.744 bits per heavy atom. The third kappa shape index (κ3) is 20.7. The molecule has 3 aromatic rings. The van der Waals surface area contributed by atoms with Crippen LogP contribution in [0.15, 0.2) is 78.9 Å². The Morgan fingerprint density at radius 3 is 1.86 bits per heavy atom. The molecule has 5 amide bonds. The van der Waals surface area contributed by atoms with Gasteiger partial charge in [-0.05, 0) is 93.0 Å². The molecule has 26 heteroatoms. The molecule has 3 aromatic carbocycles. The van der Waals surface area contributed by atoms with Gasteiger partial charge in [0.2, 0.25) is 21.8 Å². The molecule has 1 saturated heterocycles. The summed E-state index contributed by atoms with van der Waals surface area (Å²) in [5, 5.41) is 14.0. The molecule has 4 N–H and O–H groups in total. The van der Waals surface area contributed by atoms with Gasteiger partial charge in [-0.25, -0.2) is 38.0 Å². The number of esters is 2. The minimum atomic E-state index is -4.48. The fourth-order valence-electron chi connectivity index (χ4n) is 9.24. The third-order valence-electron chi connectivity index (χ3n) is 14.8. The van der Waals surface area contributed by atoms with E-state index in [1.807, 2.05) is 102 Å². The lowest BCUT2D eigenvalue weighted by molar-refractivity contribution is -0.198. The predicted octanol–water partition coefficient (Wildman–Crippen LogP) is 6.67. The molecule has 0 radical (unpaired) electrons. The van der Waals surface area contributed by atoms with E-state index in [9.17, 15) is 37.5 Å². The molecule has 0 aromatic heterocycles. The molecule has 23 nitrogen and oxygen atoms in total. The second kappa shape index (κ2) is 29.6. The van der Waals surface area contributed by atoms with Crippen LogP contribution in [0.1, 0.15) is 90.8 Å². The van der Waals surface area contributed by atoms with Gasteiger partial charge in [0.25, 0.3) is 5.91 Å². The first-order valence-corrected chi connectivity index (χ1v) is 37.1. The van der Waals surface area contributed by atoms with Crippen molar-refractivity contribution in [1.29, 1.82) is 0 Å². The van der Waals surface area contributed by atoms with E-state index >= 15 is 9.59 Å². The van der Waals surface area contributed by atoms with Crippen molar-refractivity contribution in [2.45, 2.75) is 166 Å². The number of fused-ring (bicyclic) bond motifs is 3. The summed E-state index contributed by atoms with van der Waals surface area (Å²) in [6.45, 7) is 20.5. The smallest absolute Gasteiger partial charge is 0.426 e. The van der Waals surface area contributed by atoms with Crippen molar-refractivity contribution < 1.29 is 79.9 Å². The van der Waals surface area contributed by atoms with Crippen molar-refractivity contribution >= 4 is 68.3 Å². The summed E-state index contributed by atoms with van der Waals surface area (Å²) in [6, 6.07) is 18.5. The number of sulfonamides is 1. The van der Waals surface area contributed by atoms with Crippen LogP contribution in [-0.2, 0) is 73.5 Å². The number of alkyl carbamates (subject to hydrolysis) is 1. The number of hydrazine groups is 1. The molecule has 1 heterocycles. The number of aliphatic hydroxyl groups is 1. The van der Waals surface area contributed by atoms with Crippen LogP contribution in [-0.4, -0.2) is 188 Å². The van der Waals surface area contributed by atoms with E-state index in [1.54, 1.807) is 51.1 Å². The van der Waals surface area contributed by atoms with Crippen molar-refractivity contribution in [3.05, 3.63) is 95.6 Å². The van der Waals surface area contributed by atoms with Crippen molar-refractivity contribution in [3.8, 4) is 11.1 Å². The maximum atomic E-state index is 15.7. The van der Waals surface area contributed by atoms with E-state index in [4.69, 9.17) is 32.8 Å². The highest BCUT2D eigenvalue weighted by molar-refractivity contribution is 7.89. The van der Waals surface area contributed by atoms with Crippen LogP contribution in [0.5, 0.6) is 0 Å². The zero-order valence-corrected chi connectivity index (χ0v) is 55.3. The number of carbonyl (C=O) groups is 7. The maximum absolute atomic E-state index is 15.7. The van der Waals surface area contributed by atoms with E-state index in [-0.39, 0.29) is 44.8 Å². The lowest BCUT2D eigenvalue weighted by atomic mass is 9.97. The van der Waals surface area contributed by atoms with Gasteiger partial charge in [-0.3, -0.25) is 14.4 Å². The second-order valence-corrected chi connectivity index (χ2v) is 38.2. The fraction of sp³-hybridized carbons (Fsp3) is 0.583. The predicted molar refractivity (Wildman–Crippen MR) is 327 cm³/mol. The number of likely N-dealkylation sites (N-methyl/N-ethyl adjacent to an activating group) is 2. The molecule has 5 rings (SSSR count). The molecule has 0 unspecified atom stereocenters. The van der Waals surface area contributed by atoms with Crippen molar-refractivity contribution in [3.63, 3.8) is 0 Å². The van der Waals surface area contributed by atoms with Gasteiger partial charge in [0.1, 0.15) is 38.0 Å². The Morgan fingerprint density at radius 2 is 1.31 bits per heavy atom. The number of hydrogen-bond acceptors (Lipinski definition) is 17. The molecular weight excluding hydrogens is 1160 g/mol. The highest BCUT2D eigenvalue weighted by atomic mass is 32.2. The second-order valence-electron chi connectivity index (χ2n) is 26.0. The van der Waals surface area contributed by atoms with E-state index < -0.39 is 140 Å². The zero-order chi connectivity index (χ0) is 64.2. The van der Waals surface area contributed by atoms with Gasteiger partial charge in [0, 0.05) is 34.5 Å². The minimum absolute atomic E-state index is 0.00848. The Hall–Kier alpha value is -6.27. The summed E-state index contributed by atoms with van der Waals surface area (Å²) in [5.41, 5.74) is 3.74. The number of hydrogen-bond donors (Lipinski definition) is 4. The zero-order valence-electron chi connectivity index (χ0n) is 52.5. The van der Waals surface area contributed by atoms with Crippen LogP contribution in [0, 0.1) is 0 Å². The van der Waals surface area contributed by atoms with Crippen LogP contribution in [0.2, 0.25) is 43.8 Å². The van der Waals surface area contributed by atoms with Gasteiger partial charge in [-0.2, -0.15) is 4.72 Å². The van der Waals surface area contributed by atoms with Gasteiger partial charge in [0.05, 0.1) is 37.2 Å². The fourth-order valence-corrected chi connectivity index (χ4v) is 14.8. The first-order valence-electron chi connectivity index (χ1n) is 28.8. The van der Waals surface area contributed by atoms with E-state index in [2.05, 4.69) is 15.5 Å². The van der Waals surface area contributed by atoms with Gasteiger partial charge >= 0.3 is 24.1 Å². The summed E-state index contributed by atoms with van der Waals surface area (Å²) < 4.78 is 72.7. The van der Waals surface area contributed by atoms with E-state index in [0.717, 1.165) is 32.1 Å². The topological polar surface area (TPSA) is 284 Å². The highest BCUT2D eigenvalue weighted by Gasteiger charge is 2.50. The van der Waals surface area contributed by atoms with Crippen LogP contribution in [0.25, 0.3) is 11.1 Å². The van der Waals surface area contributed by atoms with Crippen LogP contribution < -0.4 is 15.5 Å². The molecule has 0 spiro atoms. The molecule has 86 heavy (non-hydrogen) atoms. The third-order valence-corrected chi connectivity index (χ3v) is 22.9. The average molecular weight is 1260 g/mol. The first kappa shape index (κ1) is 70.5. The number of ether oxygens (including phenoxy) is 6. The summed E-state index contributed by atoms with van der Waals surface area (Å²) in [4.78, 5) is 102. The molecule has 4 atom stereocenters. The number of benzene rings is 3. The summed E-state index contributed by atoms with van der Waals surface area (Å²) >= 11 is 0. The van der Waals surface area contributed by atoms with Crippen LogP contribution in [0.4, 0.5) is 9.59 Å². The van der Waals surface area contributed by atoms with Crippen LogP contribution in [0.3, 0.4) is 0 Å².